The van der Waals surface area contributed by atoms with E-state index in [2.05, 4.69) is 11.6 Å². The van der Waals surface area contributed by atoms with Gasteiger partial charge in [-0.05, 0) is 45.6 Å². The summed E-state index contributed by atoms with van der Waals surface area (Å²) in [6.45, 7) is 6.17. The summed E-state index contributed by atoms with van der Waals surface area (Å²) in [6.07, 6.45) is 7.09. The van der Waals surface area contributed by atoms with Gasteiger partial charge in [0.05, 0.1) is 6.42 Å². The summed E-state index contributed by atoms with van der Waals surface area (Å²) < 4.78 is 5.15. The number of nitrogens with one attached hydrogen (secondary N) is 1. The number of hydrogen-bond acceptors (Lipinski definition) is 4. The van der Waals surface area contributed by atoms with E-state index in [9.17, 15) is 9.59 Å². The highest BCUT2D eigenvalue weighted by Crippen LogP contribution is 2.09. The van der Waals surface area contributed by atoms with Crippen LogP contribution >= 0.6 is 11.8 Å². The van der Waals surface area contributed by atoms with Crippen molar-refractivity contribution in [1.29, 1.82) is 0 Å². The van der Waals surface area contributed by atoms with Crippen molar-refractivity contribution in [3.05, 3.63) is 0 Å². The molecule has 0 bridgehead atoms. The number of rotatable bonds is 10. The number of amides is 1. The quantitative estimate of drug-likeness (QED) is 0.497. The molecule has 20 heavy (non-hydrogen) atoms. The molecule has 0 unspecified atom stereocenters. The van der Waals surface area contributed by atoms with Crippen molar-refractivity contribution in [2.45, 2.75) is 64.9 Å². The van der Waals surface area contributed by atoms with E-state index in [4.69, 9.17) is 4.74 Å². The predicted molar refractivity (Wildman–Crippen MR) is 84.9 cm³/mol. The van der Waals surface area contributed by atoms with Crippen LogP contribution in [0.3, 0.4) is 0 Å². The van der Waals surface area contributed by atoms with E-state index < -0.39 is 5.60 Å². The molecule has 0 aliphatic rings. The second kappa shape index (κ2) is 11.0. The summed E-state index contributed by atoms with van der Waals surface area (Å²) in [6, 6.07) is 0. The lowest BCUT2D eigenvalue weighted by Gasteiger charge is -2.19. The van der Waals surface area contributed by atoms with Crippen molar-refractivity contribution in [1.82, 2.24) is 5.32 Å². The highest BCUT2D eigenvalue weighted by molar-refractivity contribution is 7.98. The molecule has 0 heterocycles. The Morgan fingerprint density at radius 3 is 2.30 bits per heavy atom. The number of hydrogen-bond donors (Lipinski definition) is 1. The first-order valence-electron chi connectivity index (χ1n) is 7.32. The molecule has 1 amide bonds. The Hall–Kier alpha value is -0.710. The third kappa shape index (κ3) is 13.7. The Morgan fingerprint density at radius 1 is 1.05 bits per heavy atom. The van der Waals surface area contributed by atoms with E-state index in [0.29, 0.717) is 6.54 Å². The van der Waals surface area contributed by atoms with E-state index >= 15 is 0 Å². The SMILES string of the molecule is CSCCCCCCNC(=O)CCC(=O)OC(C)(C)C. The number of carbonyl (C=O) groups is 2. The fourth-order valence-electron chi connectivity index (χ4n) is 1.65. The van der Waals surface area contributed by atoms with Crippen LogP contribution in [0.1, 0.15) is 59.3 Å². The van der Waals surface area contributed by atoms with Crippen molar-refractivity contribution < 1.29 is 14.3 Å². The summed E-state index contributed by atoms with van der Waals surface area (Å²) in [5.41, 5.74) is -0.482. The van der Waals surface area contributed by atoms with E-state index in [0.717, 1.165) is 12.8 Å². The van der Waals surface area contributed by atoms with Gasteiger partial charge in [-0.15, -0.1) is 0 Å². The molecule has 0 aromatic heterocycles. The summed E-state index contributed by atoms with van der Waals surface area (Å²) >= 11 is 1.87. The van der Waals surface area contributed by atoms with E-state index in [1.165, 1.54) is 18.6 Å². The van der Waals surface area contributed by atoms with Gasteiger partial charge in [-0.3, -0.25) is 9.59 Å². The van der Waals surface area contributed by atoms with Gasteiger partial charge in [0.25, 0.3) is 0 Å². The highest BCUT2D eigenvalue weighted by Gasteiger charge is 2.16. The van der Waals surface area contributed by atoms with Gasteiger partial charge in [0, 0.05) is 13.0 Å². The molecule has 0 saturated carbocycles. The monoisotopic (exact) mass is 303 g/mol. The molecule has 118 valence electrons. The second-order valence-electron chi connectivity index (χ2n) is 5.84. The zero-order chi connectivity index (χ0) is 15.4. The topological polar surface area (TPSA) is 55.4 Å². The van der Waals surface area contributed by atoms with Crippen LogP contribution in [0.2, 0.25) is 0 Å². The first kappa shape index (κ1) is 19.3. The van der Waals surface area contributed by atoms with Gasteiger partial charge >= 0.3 is 5.97 Å². The minimum absolute atomic E-state index is 0.0695. The van der Waals surface area contributed by atoms with Crippen LogP contribution in [0.15, 0.2) is 0 Å². The summed E-state index contributed by atoms with van der Waals surface area (Å²) in [5.74, 6) is 0.826. The average Bonchev–Trinajstić information content (AvgIpc) is 2.33. The zero-order valence-electron chi connectivity index (χ0n) is 13.3. The third-order valence-corrected chi connectivity index (χ3v) is 3.27. The van der Waals surface area contributed by atoms with E-state index in [1.807, 2.05) is 32.5 Å². The number of thioether (sulfide) groups is 1. The average molecular weight is 303 g/mol. The lowest BCUT2D eigenvalue weighted by Crippen LogP contribution is -2.27. The summed E-state index contributed by atoms with van der Waals surface area (Å²) in [5, 5.41) is 2.84. The number of ether oxygens (including phenoxy) is 1. The maximum atomic E-state index is 11.5. The Morgan fingerprint density at radius 2 is 1.70 bits per heavy atom. The lowest BCUT2D eigenvalue weighted by molar-refractivity contribution is -0.155. The molecule has 0 aromatic carbocycles. The predicted octanol–water partition coefficient (Wildman–Crippen LogP) is 3.15. The molecule has 0 saturated heterocycles. The molecule has 1 N–H and O–H groups in total. The summed E-state index contributed by atoms with van der Waals surface area (Å²) in [4.78, 5) is 23.0. The van der Waals surface area contributed by atoms with E-state index in [1.54, 1.807) is 0 Å². The van der Waals surface area contributed by atoms with Crippen molar-refractivity contribution >= 4 is 23.6 Å². The lowest BCUT2D eigenvalue weighted by atomic mass is 10.2. The van der Waals surface area contributed by atoms with Gasteiger partial charge in [-0.2, -0.15) is 11.8 Å². The Balaban J connectivity index is 3.48. The summed E-state index contributed by atoms with van der Waals surface area (Å²) in [7, 11) is 0. The fourth-order valence-corrected chi connectivity index (χ4v) is 2.14. The third-order valence-electron chi connectivity index (χ3n) is 2.57. The minimum atomic E-state index is -0.482. The first-order valence-corrected chi connectivity index (χ1v) is 8.72. The van der Waals surface area contributed by atoms with Crippen molar-refractivity contribution in [2.75, 3.05) is 18.6 Å². The van der Waals surface area contributed by atoms with Crippen molar-refractivity contribution in [3.63, 3.8) is 0 Å². The van der Waals surface area contributed by atoms with Gasteiger partial charge in [0.2, 0.25) is 5.91 Å². The molecule has 0 aliphatic carbocycles. The molecule has 5 heteroatoms. The van der Waals surface area contributed by atoms with Crippen LogP contribution in [0.4, 0.5) is 0 Å². The Kier molecular flexibility index (Phi) is 10.6. The van der Waals surface area contributed by atoms with Crippen LogP contribution in [0, 0.1) is 0 Å². The number of esters is 1. The van der Waals surface area contributed by atoms with Gasteiger partial charge in [0.15, 0.2) is 0 Å². The Bertz CT molecular complexity index is 287. The Labute approximate surface area is 127 Å². The first-order chi connectivity index (χ1) is 9.35. The molecular weight excluding hydrogens is 274 g/mol. The van der Waals surface area contributed by atoms with Crippen LogP contribution < -0.4 is 5.32 Å². The molecule has 0 aliphatic heterocycles. The minimum Gasteiger partial charge on any atom is -0.460 e. The molecule has 0 radical (unpaired) electrons. The van der Waals surface area contributed by atoms with Crippen LogP contribution in [0.5, 0.6) is 0 Å². The van der Waals surface area contributed by atoms with Crippen LogP contribution in [-0.4, -0.2) is 36.0 Å². The normalized spacial score (nSPS) is 11.2. The van der Waals surface area contributed by atoms with Crippen molar-refractivity contribution in [2.24, 2.45) is 0 Å². The fraction of sp³-hybridized carbons (Fsp3) is 0.867. The van der Waals surface area contributed by atoms with Gasteiger partial charge < -0.3 is 10.1 Å². The molecule has 0 spiro atoms. The van der Waals surface area contributed by atoms with Crippen molar-refractivity contribution in [3.8, 4) is 0 Å². The van der Waals surface area contributed by atoms with Gasteiger partial charge in [-0.1, -0.05) is 12.8 Å². The standard InChI is InChI=1S/C15H29NO3S/c1-15(2,3)19-14(18)10-9-13(17)16-11-7-5-6-8-12-20-4/h5-12H2,1-4H3,(H,16,17). The maximum Gasteiger partial charge on any atom is 0.306 e. The van der Waals surface area contributed by atoms with Gasteiger partial charge in [0.1, 0.15) is 5.60 Å². The molecule has 0 rings (SSSR count). The van der Waals surface area contributed by atoms with Crippen LogP contribution in [0.25, 0.3) is 0 Å². The molecule has 0 atom stereocenters. The van der Waals surface area contributed by atoms with E-state index in [-0.39, 0.29) is 24.7 Å². The molecule has 4 nitrogen and oxygen atoms in total. The van der Waals surface area contributed by atoms with Crippen LogP contribution in [-0.2, 0) is 14.3 Å². The molecule has 0 fully saturated rings. The van der Waals surface area contributed by atoms with Gasteiger partial charge in [-0.25, -0.2) is 0 Å². The zero-order valence-corrected chi connectivity index (χ0v) is 14.1. The molecular formula is C15H29NO3S. The second-order valence-corrected chi connectivity index (χ2v) is 6.83. The highest BCUT2D eigenvalue weighted by atomic mass is 32.2. The smallest absolute Gasteiger partial charge is 0.306 e. The molecule has 0 aromatic rings. The maximum absolute atomic E-state index is 11.5. The number of carbonyl (C=O) groups excluding carboxylic acids is 2. The largest absolute Gasteiger partial charge is 0.460 e. The number of unbranched alkanes of at least 4 members (excludes halogenated alkanes) is 3.